The van der Waals surface area contributed by atoms with Gasteiger partial charge in [0.2, 0.25) is 5.91 Å². The number of fused-ring (bicyclic) bond motifs is 1. The Morgan fingerprint density at radius 3 is 2.51 bits per heavy atom. The largest absolute Gasteiger partial charge is 0.322 e. The van der Waals surface area contributed by atoms with Crippen LogP contribution in [0.5, 0.6) is 0 Å². The lowest BCUT2D eigenvalue weighted by Crippen LogP contribution is -2.19. The number of halogens is 2. The third-order valence-electron chi connectivity index (χ3n) is 6.38. The van der Waals surface area contributed by atoms with E-state index in [0.29, 0.717) is 26.8 Å². The predicted molar refractivity (Wildman–Crippen MR) is 160 cm³/mol. The van der Waals surface area contributed by atoms with Crippen molar-refractivity contribution < 1.29 is 9.59 Å². The lowest BCUT2D eigenvalue weighted by Gasteiger charge is -2.17. The van der Waals surface area contributed by atoms with Gasteiger partial charge in [0, 0.05) is 20.5 Å². The molecule has 1 aromatic heterocycles. The molecule has 1 aliphatic rings. The Labute approximate surface area is 245 Å². The molecule has 4 aromatic rings. The van der Waals surface area contributed by atoms with E-state index in [1.165, 1.54) is 34.0 Å². The highest BCUT2D eigenvalue weighted by Gasteiger charge is 2.27. The molecule has 0 radical (unpaired) electrons. The molecular weight excluding hydrogens is 569 g/mol. The Balaban J connectivity index is 1.38. The normalized spacial score (nSPS) is 13.2. The molecule has 0 fully saturated rings. The van der Waals surface area contributed by atoms with E-state index in [2.05, 4.69) is 16.7 Å². The van der Waals surface area contributed by atoms with Gasteiger partial charge in [0.05, 0.1) is 16.1 Å². The molecule has 39 heavy (non-hydrogen) atoms. The van der Waals surface area contributed by atoms with Crippen LogP contribution in [0.1, 0.15) is 50.0 Å². The van der Waals surface area contributed by atoms with Crippen molar-refractivity contribution in [2.45, 2.75) is 35.8 Å². The number of nitriles is 1. The lowest BCUT2D eigenvalue weighted by molar-refractivity contribution is -0.115. The molecule has 0 saturated carbocycles. The van der Waals surface area contributed by atoms with E-state index in [4.69, 9.17) is 23.2 Å². The second-order valence-corrected chi connectivity index (χ2v) is 12.2. The first-order valence-electron chi connectivity index (χ1n) is 12.4. The van der Waals surface area contributed by atoms with Gasteiger partial charge < -0.3 is 10.6 Å². The van der Waals surface area contributed by atoms with Crippen LogP contribution in [0.2, 0.25) is 10.0 Å². The standard InChI is InChI=1S/C30H23Cl2N3O2S2/c31-19-13-14-23(25(32)15-19)28(36)34-20-9-6-10-21(16-20)38-27(18-7-2-1-3-8-18)29(37)35-30-24(17-33)22-11-4-5-12-26(22)39-30/h1-3,6-10,13-16,27H,4-5,11-12H2,(H,34,36)(H,35,37). The summed E-state index contributed by atoms with van der Waals surface area (Å²) in [5.41, 5.74) is 3.39. The number of thiophene rings is 1. The monoisotopic (exact) mass is 591 g/mol. The average molecular weight is 593 g/mol. The summed E-state index contributed by atoms with van der Waals surface area (Å²) in [6.45, 7) is 0. The molecule has 196 valence electrons. The highest BCUT2D eigenvalue weighted by atomic mass is 35.5. The van der Waals surface area contributed by atoms with E-state index in [0.717, 1.165) is 41.7 Å². The third-order valence-corrected chi connectivity index (χ3v) is 9.38. The van der Waals surface area contributed by atoms with Gasteiger partial charge in [-0.3, -0.25) is 9.59 Å². The van der Waals surface area contributed by atoms with E-state index in [1.54, 1.807) is 18.2 Å². The summed E-state index contributed by atoms with van der Waals surface area (Å²) in [5, 5.41) is 16.5. The predicted octanol–water partition coefficient (Wildman–Crippen LogP) is 8.53. The number of nitrogens with zero attached hydrogens (tertiary/aromatic N) is 1. The number of carbonyl (C=O) groups is 2. The van der Waals surface area contributed by atoms with Gasteiger partial charge in [0.25, 0.3) is 5.91 Å². The molecule has 5 rings (SSSR count). The molecule has 0 spiro atoms. The molecule has 9 heteroatoms. The second-order valence-electron chi connectivity index (χ2n) is 9.03. The van der Waals surface area contributed by atoms with Gasteiger partial charge >= 0.3 is 0 Å². The van der Waals surface area contributed by atoms with E-state index in [1.807, 2.05) is 48.5 Å². The van der Waals surface area contributed by atoms with E-state index in [-0.39, 0.29) is 16.8 Å². The van der Waals surface area contributed by atoms with Crippen molar-refractivity contribution in [3.05, 3.63) is 110 Å². The number of thioether (sulfide) groups is 1. The molecule has 0 saturated heterocycles. The number of amides is 2. The number of hydrogen-bond acceptors (Lipinski definition) is 5. The summed E-state index contributed by atoms with van der Waals surface area (Å²) in [6.07, 6.45) is 3.99. The topological polar surface area (TPSA) is 82.0 Å². The van der Waals surface area contributed by atoms with Crippen LogP contribution in [-0.4, -0.2) is 11.8 Å². The van der Waals surface area contributed by atoms with Crippen LogP contribution in [0.15, 0.2) is 77.7 Å². The third kappa shape index (κ3) is 6.32. The highest BCUT2D eigenvalue weighted by Crippen LogP contribution is 2.41. The van der Waals surface area contributed by atoms with Gasteiger partial charge in [0.15, 0.2) is 0 Å². The first kappa shape index (κ1) is 27.3. The van der Waals surface area contributed by atoms with Crippen molar-refractivity contribution in [2.75, 3.05) is 10.6 Å². The SMILES string of the molecule is N#Cc1c(NC(=O)C(Sc2cccc(NC(=O)c3ccc(Cl)cc3Cl)c2)c2ccccc2)sc2c1CCCC2. The molecule has 1 unspecified atom stereocenters. The summed E-state index contributed by atoms with van der Waals surface area (Å²) in [5.74, 6) is -0.564. The zero-order valence-electron chi connectivity index (χ0n) is 20.7. The van der Waals surface area contributed by atoms with Crippen molar-refractivity contribution in [3.63, 3.8) is 0 Å². The summed E-state index contributed by atoms with van der Waals surface area (Å²) in [6, 6.07) is 23.9. The van der Waals surface area contributed by atoms with E-state index < -0.39 is 5.25 Å². The number of rotatable bonds is 7. The minimum absolute atomic E-state index is 0.205. The maximum absolute atomic E-state index is 13.7. The maximum atomic E-state index is 13.7. The van der Waals surface area contributed by atoms with Crippen LogP contribution in [0, 0.1) is 11.3 Å². The summed E-state index contributed by atoms with van der Waals surface area (Å²) >= 11 is 15.0. The fraction of sp³-hybridized carbons (Fsp3) is 0.167. The van der Waals surface area contributed by atoms with E-state index in [9.17, 15) is 14.9 Å². The van der Waals surface area contributed by atoms with Gasteiger partial charge in [-0.2, -0.15) is 5.26 Å². The second kappa shape index (κ2) is 12.3. The summed E-state index contributed by atoms with van der Waals surface area (Å²) in [4.78, 5) is 28.5. The molecule has 2 amide bonds. The van der Waals surface area contributed by atoms with Crippen molar-refractivity contribution in [1.29, 1.82) is 5.26 Å². The van der Waals surface area contributed by atoms with Crippen molar-refractivity contribution in [1.82, 2.24) is 0 Å². The number of nitrogens with one attached hydrogen (secondary N) is 2. The Hall–Kier alpha value is -3.28. The van der Waals surface area contributed by atoms with Crippen molar-refractivity contribution in [2.24, 2.45) is 0 Å². The smallest absolute Gasteiger partial charge is 0.257 e. The molecule has 3 aromatic carbocycles. The molecular formula is C30H23Cl2N3O2S2. The van der Waals surface area contributed by atoms with Crippen LogP contribution >= 0.6 is 46.3 Å². The fourth-order valence-corrected chi connectivity index (χ4v) is 7.33. The molecule has 0 bridgehead atoms. The maximum Gasteiger partial charge on any atom is 0.257 e. The van der Waals surface area contributed by atoms with Crippen LogP contribution in [0.3, 0.4) is 0 Å². The quantitative estimate of drug-likeness (QED) is 0.211. The zero-order valence-corrected chi connectivity index (χ0v) is 23.8. The first-order chi connectivity index (χ1) is 18.9. The molecule has 5 nitrogen and oxygen atoms in total. The first-order valence-corrected chi connectivity index (χ1v) is 14.8. The van der Waals surface area contributed by atoms with Gasteiger partial charge in [-0.25, -0.2) is 0 Å². The summed E-state index contributed by atoms with van der Waals surface area (Å²) < 4.78 is 0. The number of anilines is 2. The van der Waals surface area contributed by atoms with Crippen molar-refractivity contribution in [3.8, 4) is 6.07 Å². The lowest BCUT2D eigenvalue weighted by atomic mass is 9.96. The van der Waals surface area contributed by atoms with E-state index >= 15 is 0 Å². The number of aryl methyl sites for hydroxylation is 1. The molecule has 1 atom stereocenters. The van der Waals surface area contributed by atoms with Crippen LogP contribution in [0.25, 0.3) is 0 Å². The van der Waals surface area contributed by atoms with Crippen LogP contribution < -0.4 is 10.6 Å². The minimum atomic E-state index is -0.575. The van der Waals surface area contributed by atoms with Crippen LogP contribution in [0.4, 0.5) is 10.7 Å². The number of hydrogen-bond donors (Lipinski definition) is 2. The zero-order chi connectivity index (χ0) is 27.4. The molecule has 1 aliphatic carbocycles. The number of benzene rings is 3. The molecule has 1 heterocycles. The van der Waals surface area contributed by atoms with Crippen LogP contribution in [-0.2, 0) is 17.6 Å². The molecule has 0 aliphatic heterocycles. The van der Waals surface area contributed by atoms with Gasteiger partial charge in [-0.15, -0.1) is 23.1 Å². The minimum Gasteiger partial charge on any atom is -0.322 e. The van der Waals surface area contributed by atoms with Gasteiger partial charge in [-0.1, -0.05) is 59.6 Å². The summed E-state index contributed by atoms with van der Waals surface area (Å²) in [7, 11) is 0. The molecule has 2 N–H and O–H groups in total. The Morgan fingerprint density at radius 2 is 1.74 bits per heavy atom. The van der Waals surface area contributed by atoms with Gasteiger partial charge in [-0.05, 0) is 73.2 Å². The Morgan fingerprint density at radius 1 is 0.949 bits per heavy atom. The van der Waals surface area contributed by atoms with Gasteiger partial charge in [0.1, 0.15) is 16.3 Å². The Kier molecular flexibility index (Phi) is 8.59. The average Bonchev–Trinajstić information content (AvgIpc) is 3.29. The van der Waals surface area contributed by atoms with Crippen molar-refractivity contribution >= 4 is 68.8 Å². The fourth-order valence-electron chi connectivity index (χ4n) is 4.51. The Bertz CT molecular complexity index is 1580. The number of carbonyl (C=O) groups excluding carboxylic acids is 2. The highest BCUT2D eigenvalue weighted by molar-refractivity contribution is 8.00.